The normalized spacial score (nSPS) is 15.3. The number of nitrogens with one attached hydrogen (secondary N) is 1. The molecule has 1 atom stereocenters. The minimum absolute atomic E-state index is 0.0274. The number of carbonyl (C=O) groups excluding carboxylic acids is 2. The molecule has 1 amide bonds. The number of fused-ring (bicyclic) bond motifs is 3. The average molecular weight is 486 g/mol. The predicted molar refractivity (Wildman–Crippen MR) is 131 cm³/mol. The minimum Gasteiger partial charge on any atom is -0.468 e. The largest absolute Gasteiger partial charge is 0.468 e. The molecule has 1 N–H and O–H groups in total. The van der Waals surface area contributed by atoms with E-state index in [0.717, 1.165) is 40.6 Å². The van der Waals surface area contributed by atoms with E-state index >= 15 is 0 Å². The highest BCUT2D eigenvalue weighted by Gasteiger charge is 2.25. The van der Waals surface area contributed by atoms with Gasteiger partial charge in [-0.3, -0.25) is 19.0 Å². The summed E-state index contributed by atoms with van der Waals surface area (Å²) >= 11 is 2.83. The summed E-state index contributed by atoms with van der Waals surface area (Å²) in [6.45, 7) is 2.55. The van der Waals surface area contributed by atoms with E-state index in [1.807, 2.05) is 30.3 Å². The minimum atomic E-state index is -0.508. The fourth-order valence-corrected chi connectivity index (χ4v) is 6.30. The summed E-state index contributed by atoms with van der Waals surface area (Å²) in [6.07, 6.45) is 3.67. The molecule has 0 saturated carbocycles. The molecule has 0 radical (unpaired) electrons. The third-order valence-electron chi connectivity index (χ3n) is 5.84. The lowest BCUT2D eigenvalue weighted by Crippen LogP contribution is -2.32. The fourth-order valence-electron chi connectivity index (χ4n) is 4.02. The zero-order valence-electron chi connectivity index (χ0n) is 18.8. The number of aryl methyl sites for hydroxylation is 2. The third kappa shape index (κ3) is 5.47. The van der Waals surface area contributed by atoms with E-state index in [1.54, 1.807) is 15.9 Å². The second kappa shape index (κ2) is 10.5. The van der Waals surface area contributed by atoms with Crippen LogP contribution in [0.25, 0.3) is 10.2 Å². The number of hydrogen-bond acceptors (Lipinski definition) is 7. The number of benzene rings is 1. The highest BCUT2D eigenvalue weighted by molar-refractivity contribution is 7.99. The summed E-state index contributed by atoms with van der Waals surface area (Å²) in [5, 5.41) is 3.81. The van der Waals surface area contributed by atoms with E-state index in [1.165, 1.54) is 23.7 Å². The zero-order chi connectivity index (χ0) is 23.4. The smallest absolute Gasteiger partial charge is 0.325 e. The molecule has 0 aliphatic heterocycles. The Morgan fingerprint density at radius 1 is 1.30 bits per heavy atom. The number of thioether (sulfide) groups is 1. The molecule has 1 aliphatic carbocycles. The van der Waals surface area contributed by atoms with E-state index in [4.69, 9.17) is 4.98 Å². The molecule has 1 aliphatic rings. The van der Waals surface area contributed by atoms with Gasteiger partial charge in [-0.15, -0.1) is 11.3 Å². The average Bonchev–Trinajstić information content (AvgIpc) is 3.18. The van der Waals surface area contributed by atoms with Crippen LogP contribution in [0.2, 0.25) is 0 Å². The van der Waals surface area contributed by atoms with Gasteiger partial charge in [-0.25, -0.2) is 4.98 Å². The second-order valence-corrected chi connectivity index (χ2v) is 10.3. The van der Waals surface area contributed by atoms with Crippen molar-refractivity contribution >= 4 is 45.2 Å². The van der Waals surface area contributed by atoms with Crippen LogP contribution in [-0.4, -0.2) is 40.8 Å². The third-order valence-corrected chi connectivity index (χ3v) is 7.96. The molecule has 7 nitrogen and oxygen atoms in total. The van der Waals surface area contributed by atoms with Crippen molar-refractivity contribution in [3.8, 4) is 0 Å². The molecule has 3 aromatic rings. The van der Waals surface area contributed by atoms with Gasteiger partial charge in [0, 0.05) is 11.4 Å². The van der Waals surface area contributed by atoms with E-state index in [-0.39, 0.29) is 23.8 Å². The molecule has 1 unspecified atom stereocenters. The molecule has 4 rings (SSSR count). The Labute approximate surface area is 200 Å². The van der Waals surface area contributed by atoms with Crippen molar-refractivity contribution in [2.24, 2.45) is 5.92 Å². The van der Waals surface area contributed by atoms with Crippen LogP contribution in [0.4, 0.5) is 0 Å². The van der Waals surface area contributed by atoms with Crippen molar-refractivity contribution < 1.29 is 14.3 Å². The van der Waals surface area contributed by atoms with Crippen LogP contribution in [0.5, 0.6) is 0 Å². The van der Waals surface area contributed by atoms with Crippen LogP contribution in [-0.2, 0) is 40.1 Å². The van der Waals surface area contributed by atoms with Crippen molar-refractivity contribution in [3.63, 3.8) is 0 Å². The van der Waals surface area contributed by atoms with Gasteiger partial charge in [0.05, 0.1) is 18.2 Å². The van der Waals surface area contributed by atoms with Crippen LogP contribution in [0, 0.1) is 5.92 Å². The van der Waals surface area contributed by atoms with Crippen molar-refractivity contribution in [2.45, 2.75) is 44.3 Å². The van der Waals surface area contributed by atoms with Crippen molar-refractivity contribution in [1.29, 1.82) is 0 Å². The highest BCUT2D eigenvalue weighted by Crippen LogP contribution is 2.36. The van der Waals surface area contributed by atoms with E-state index in [0.29, 0.717) is 24.0 Å². The van der Waals surface area contributed by atoms with Gasteiger partial charge in [0.25, 0.3) is 5.56 Å². The quantitative estimate of drug-likeness (QED) is 0.299. The summed E-state index contributed by atoms with van der Waals surface area (Å²) in [7, 11) is 1.27. The van der Waals surface area contributed by atoms with Crippen LogP contribution < -0.4 is 10.9 Å². The van der Waals surface area contributed by atoms with E-state index < -0.39 is 5.97 Å². The summed E-state index contributed by atoms with van der Waals surface area (Å²) in [6, 6.07) is 10.0. The van der Waals surface area contributed by atoms with Crippen molar-refractivity contribution in [2.75, 3.05) is 19.4 Å². The Morgan fingerprint density at radius 3 is 2.85 bits per heavy atom. The van der Waals surface area contributed by atoms with Gasteiger partial charge in [0.1, 0.15) is 11.4 Å². The first-order valence-electron chi connectivity index (χ1n) is 11.0. The Bertz CT molecular complexity index is 1220. The number of amides is 1. The summed E-state index contributed by atoms with van der Waals surface area (Å²) in [5.41, 5.74) is 2.27. The number of thiophene rings is 1. The highest BCUT2D eigenvalue weighted by atomic mass is 32.2. The zero-order valence-corrected chi connectivity index (χ0v) is 20.4. The van der Waals surface area contributed by atoms with Crippen molar-refractivity contribution in [1.82, 2.24) is 14.9 Å². The Hall–Kier alpha value is -2.65. The fraction of sp³-hybridized carbons (Fsp3) is 0.417. The maximum Gasteiger partial charge on any atom is 0.325 e. The SMILES string of the molecule is COC(=O)CNC(=O)CSc1nc2sc3c(c2c(=O)n1CCc1ccccc1)CCC(C)C3. The molecule has 174 valence electrons. The number of esters is 1. The molecule has 0 saturated heterocycles. The predicted octanol–water partition coefficient (Wildman–Crippen LogP) is 3.21. The molecule has 2 aromatic heterocycles. The first-order chi connectivity index (χ1) is 16.0. The standard InChI is InChI=1S/C24H27N3O4S2/c1-15-8-9-17-18(12-15)33-22-21(17)23(30)27(11-10-16-6-4-3-5-7-16)24(26-22)32-14-19(28)25-13-20(29)31-2/h3-7,15H,8-14H2,1-2H3,(H,25,28). The van der Waals surface area contributed by atoms with Gasteiger partial charge in [-0.2, -0.15) is 0 Å². The van der Waals surface area contributed by atoms with Crippen LogP contribution in [0.3, 0.4) is 0 Å². The molecule has 0 bridgehead atoms. The number of aromatic nitrogens is 2. The van der Waals surface area contributed by atoms with Crippen LogP contribution >= 0.6 is 23.1 Å². The summed E-state index contributed by atoms with van der Waals surface area (Å²) < 4.78 is 6.26. The Morgan fingerprint density at radius 2 is 2.09 bits per heavy atom. The lowest BCUT2D eigenvalue weighted by atomic mass is 9.89. The van der Waals surface area contributed by atoms with Gasteiger partial charge in [-0.1, -0.05) is 49.0 Å². The Kier molecular flexibility index (Phi) is 7.49. The molecule has 1 aromatic carbocycles. The topological polar surface area (TPSA) is 90.3 Å². The molecule has 0 spiro atoms. The van der Waals surface area contributed by atoms with E-state index in [2.05, 4.69) is 17.0 Å². The molecule has 9 heteroatoms. The van der Waals surface area contributed by atoms with Crippen molar-refractivity contribution in [3.05, 3.63) is 56.7 Å². The summed E-state index contributed by atoms with van der Waals surface area (Å²) in [5.74, 6) is -0.152. The lowest BCUT2D eigenvalue weighted by Gasteiger charge is -2.17. The van der Waals surface area contributed by atoms with E-state index in [9.17, 15) is 14.4 Å². The number of nitrogens with zero attached hydrogens (tertiary/aromatic N) is 2. The van der Waals surface area contributed by atoms with Crippen LogP contribution in [0.15, 0.2) is 40.3 Å². The molecular formula is C24H27N3O4S2. The van der Waals surface area contributed by atoms with Gasteiger partial charge < -0.3 is 10.1 Å². The van der Waals surface area contributed by atoms with Gasteiger partial charge in [-0.05, 0) is 42.7 Å². The number of hydrogen-bond donors (Lipinski definition) is 1. The molecular weight excluding hydrogens is 458 g/mol. The van der Waals surface area contributed by atoms with Gasteiger partial charge in [0.15, 0.2) is 5.16 Å². The first-order valence-corrected chi connectivity index (χ1v) is 12.8. The number of methoxy groups -OCH3 is 1. The number of ether oxygens (including phenoxy) is 1. The molecule has 0 fully saturated rings. The first kappa shape index (κ1) is 23.5. The number of carbonyl (C=O) groups is 2. The monoisotopic (exact) mass is 485 g/mol. The molecule has 2 heterocycles. The number of rotatable bonds is 8. The lowest BCUT2D eigenvalue weighted by molar-refractivity contribution is -0.140. The van der Waals surface area contributed by atoms with Gasteiger partial charge >= 0.3 is 5.97 Å². The maximum atomic E-state index is 13.6. The maximum absolute atomic E-state index is 13.6. The summed E-state index contributed by atoms with van der Waals surface area (Å²) in [4.78, 5) is 44.0. The van der Waals surface area contributed by atoms with Crippen LogP contribution in [0.1, 0.15) is 29.3 Å². The Balaban J connectivity index is 1.63. The van der Waals surface area contributed by atoms with Gasteiger partial charge in [0.2, 0.25) is 5.91 Å². The molecule has 33 heavy (non-hydrogen) atoms. The second-order valence-electron chi connectivity index (χ2n) is 8.26.